The second-order valence-corrected chi connectivity index (χ2v) is 5.60. The van der Waals surface area contributed by atoms with Crippen LogP contribution >= 0.6 is 0 Å². The Morgan fingerprint density at radius 3 is 2.70 bits per heavy atom. The van der Waals surface area contributed by atoms with Gasteiger partial charge in [-0.25, -0.2) is 9.97 Å². The summed E-state index contributed by atoms with van der Waals surface area (Å²) in [6.07, 6.45) is 3.97. The molecule has 106 valence electrons. The number of carbonyl (C=O) groups excluding carboxylic acids is 2. The lowest BCUT2D eigenvalue weighted by Crippen LogP contribution is -2.46. The molecule has 0 radical (unpaired) electrons. The Bertz CT molecular complexity index is 538. The number of aromatic nitrogens is 2. The molecule has 0 N–H and O–H groups in total. The summed E-state index contributed by atoms with van der Waals surface area (Å²) in [5.41, 5.74) is 1.55. The van der Waals surface area contributed by atoms with E-state index in [0.717, 1.165) is 31.6 Å². The predicted molar refractivity (Wildman–Crippen MR) is 73.7 cm³/mol. The molecule has 1 aliphatic heterocycles. The van der Waals surface area contributed by atoms with Crippen LogP contribution in [0.25, 0.3) is 0 Å². The van der Waals surface area contributed by atoms with E-state index < -0.39 is 0 Å². The van der Waals surface area contributed by atoms with Crippen LogP contribution in [0.5, 0.6) is 0 Å². The lowest BCUT2D eigenvalue weighted by molar-refractivity contribution is -0.118. The summed E-state index contributed by atoms with van der Waals surface area (Å²) in [5, 5.41) is 0. The Kier molecular flexibility index (Phi) is 3.38. The first-order valence-electron chi connectivity index (χ1n) is 7.01. The Morgan fingerprint density at radius 1 is 1.25 bits per heavy atom. The fourth-order valence-corrected chi connectivity index (χ4v) is 2.80. The first-order valence-corrected chi connectivity index (χ1v) is 7.01. The highest BCUT2D eigenvalue weighted by Gasteiger charge is 2.26. The summed E-state index contributed by atoms with van der Waals surface area (Å²) in [6.45, 7) is 4.94. The number of anilines is 1. The molecule has 2 aliphatic rings. The van der Waals surface area contributed by atoms with Gasteiger partial charge in [-0.1, -0.05) is 6.92 Å². The summed E-state index contributed by atoms with van der Waals surface area (Å²) in [5.74, 6) is 1.18. The molecule has 1 aliphatic carbocycles. The molecule has 1 amide bonds. The van der Waals surface area contributed by atoms with Gasteiger partial charge in [0.15, 0.2) is 5.78 Å². The van der Waals surface area contributed by atoms with Crippen molar-refractivity contribution >= 4 is 18.1 Å². The van der Waals surface area contributed by atoms with Gasteiger partial charge in [0.05, 0.1) is 11.3 Å². The Morgan fingerprint density at radius 2 is 2.00 bits per heavy atom. The van der Waals surface area contributed by atoms with Crippen molar-refractivity contribution in [2.45, 2.75) is 19.8 Å². The summed E-state index contributed by atoms with van der Waals surface area (Å²) >= 11 is 0. The van der Waals surface area contributed by atoms with Crippen LogP contribution in [0.1, 0.15) is 29.4 Å². The number of Topliss-reactive ketones (excluding diaryl/α,β-unsaturated/α-hetero) is 1. The topological polar surface area (TPSA) is 66.4 Å². The van der Waals surface area contributed by atoms with Gasteiger partial charge in [0.2, 0.25) is 12.4 Å². The molecule has 20 heavy (non-hydrogen) atoms. The van der Waals surface area contributed by atoms with Gasteiger partial charge in [-0.3, -0.25) is 9.59 Å². The van der Waals surface area contributed by atoms with Crippen molar-refractivity contribution in [2.24, 2.45) is 5.92 Å². The van der Waals surface area contributed by atoms with E-state index >= 15 is 0 Å². The van der Waals surface area contributed by atoms with Crippen molar-refractivity contribution in [2.75, 3.05) is 31.1 Å². The van der Waals surface area contributed by atoms with E-state index in [1.807, 2.05) is 0 Å². The molecule has 1 aromatic rings. The maximum absolute atomic E-state index is 11.9. The molecule has 0 spiro atoms. The van der Waals surface area contributed by atoms with Crippen molar-refractivity contribution in [3.63, 3.8) is 0 Å². The third-order valence-electron chi connectivity index (χ3n) is 3.98. The average molecular weight is 274 g/mol. The molecule has 0 unspecified atom stereocenters. The van der Waals surface area contributed by atoms with Gasteiger partial charge in [-0.15, -0.1) is 0 Å². The Hall–Kier alpha value is -1.98. The second kappa shape index (κ2) is 5.19. The molecule has 1 saturated heterocycles. The molecule has 0 aromatic carbocycles. The van der Waals surface area contributed by atoms with Crippen molar-refractivity contribution in [3.05, 3.63) is 17.5 Å². The van der Waals surface area contributed by atoms with E-state index in [-0.39, 0.29) is 5.78 Å². The number of ketones is 1. The number of hydrogen-bond acceptors (Lipinski definition) is 5. The van der Waals surface area contributed by atoms with Gasteiger partial charge in [-0.05, 0) is 12.3 Å². The number of piperazine rings is 1. The zero-order valence-corrected chi connectivity index (χ0v) is 11.6. The number of fused-ring (bicyclic) bond motifs is 1. The molecule has 1 aromatic heterocycles. The van der Waals surface area contributed by atoms with Crippen LogP contribution in [0, 0.1) is 5.92 Å². The van der Waals surface area contributed by atoms with Crippen LogP contribution in [-0.4, -0.2) is 53.2 Å². The van der Waals surface area contributed by atoms with Gasteiger partial charge in [0, 0.05) is 38.8 Å². The molecule has 1 atom stereocenters. The summed E-state index contributed by atoms with van der Waals surface area (Å²) < 4.78 is 0. The lowest BCUT2D eigenvalue weighted by Gasteiger charge is -2.33. The normalized spacial score (nSPS) is 22.6. The van der Waals surface area contributed by atoms with E-state index in [2.05, 4.69) is 21.8 Å². The van der Waals surface area contributed by atoms with E-state index in [1.54, 1.807) is 11.1 Å². The SMILES string of the molecule is C[C@@H]1CC(=O)c2cnc(N3CCN(C=O)CC3)nc2C1. The van der Waals surface area contributed by atoms with E-state index in [1.165, 1.54) is 0 Å². The van der Waals surface area contributed by atoms with Gasteiger partial charge in [-0.2, -0.15) is 0 Å². The molecule has 0 saturated carbocycles. The van der Waals surface area contributed by atoms with Crippen LogP contribution < -0.4 is 4.90 Å². The minimum atomic E-state index is 0.149. The van der Waals surface area contributed by atoms with E-state index in [9.17, 15) is 9.59 Å². The fourth-order valence-electron chi connectivity index (χ4n) is 2.80. The van der Waals surface area contributed by atoms with Crippen molar-refractivity contribution in [3.8, 4) is 0 Å². The number of hydrogen-bond donors (Lipinski definition) is 0. The average Bonchev–Trinajstić information content (AvgIpc) is 2.46. The maximum Gasteiger partial charge on any atom is 0.225 e. The summed E-state index contributed by atoms with van der Waals surface area (Å²) in [6, 6.07) is 0. The van der Waals surface area contributed by atoms with Gasteiger partial charge >= 0.3 is 0 Å². The summed E-state index contributed by atoms with van der Waals surface area (Å²) in [7, 11) is 0. The molecule has 2 heterocycles. The third kappa shape index (κ3) is 2.37. The fraction of sp³-hybridized carbons (Fsp3) is 0.571. The first kappa shape index (κ1) is 13.0. The minimum Gasteiger partial charge on any atom is -0.342 e. The highest BCUT2D eigenvalue weighted by molar-refractivity contribution is 5.98. The maximum atomic E-state index is 11.9. The van der Waals surface area contributed by atoms with Crippen molar-refractivity contribution < 1.29 is 9.59 Å². The van der Waals surface area contributed by atoms with Crippen LogP contribution in [0.3, 0.4) is 0 Å². The van der Waals surface area contributed by atoms with Gasteiger partial charge in [0.25, 0.3) is 0 Å². The van der Waals surface area contributed by atoms with Crippen molar-refractivity contribution in [1.82, 2.24) is 14.9 Å². The molecular weight excluding hydrogens is 256 g/mol. The summed E-state index contributed by atoms with van der Waals surface area (Å²) in [4.78, 5) is 35.4. The predicted octanol–water partition coefficient (Wildman–Crippen LogP) is 0.520. The largest absolute Gasteiger partial charge is 0.342 e. The standard InChI is InChI=1S/C14H18N4O2/c1-10-6-12-11(13(20)7-10)8-15-14(16-12)18-4-2-17(9-19)3-5-18/h8-10H,2-7H2,1H3/t10-/m0/s1. The highest BCUT2D eigenvalue weighted by atomic mass is 16.1. The number of rotatable bonds is 2. The molecule has 1 fully saturated rings. The second-order valence-electron chi connectivity index (χ2n) is 5.60. The smallest absolute Gasteiger partial charge is 0.225 e. The van der Waals surface area contributed by atoms with Crippen LogP contribution in [0.15, 0.2) is 6.20 Å². The number of nitrogens with zero attached hydrogens (tertiary/aromatic N) is 4. The highest BCUT2D eigenvalue weighted by Crippen LogP contribution is 2.25. The Labute approximate surface area is 117 Å². The zero-order valence-electron chi connectivity index (χ0n) is 11.6. The van der Waals surface area contributed by atoms with E-state index in [0.29, 0.717) is 36.9 Å². The van der Waals surface area contributed by atoms with Gasteiger partial charge < -0.3 is 9.80 Å². The van der Waals surface area contributed by atoms with Crippen LogP contribution in [-0.2, 0) is 11.2 Å². The molecular formula is C14H18N4O2. The third-order valence-corrected chi connectivity index (χ3v) is 3.98. The van der Waals surface area contributed by atoms with Crippen LogP contribution in [0.4, 0.5) is 5.95 Å². The van der Waals surface area contributed by atoms with Crippen molar-refractivity contribution in [1.29, 1.82) is 0 Å². The number of amides is 1. The Balaban J connectivity index is 1.80. The van der Waals surface area contributed by atoms with E-state index in [4.69, 9.17) is 0 Å². The number of carbonyl (C=O) groups is 2. The minimum absolute atomic E-state index is 0.149. The molecule has 6 heteroatoms. The molecule has 0 bridgehead atoms. The van der Waals surface area contributed by atoms with Gasteiger partial charge in [0.1, 0.15) is 0 Å². The lowest BCUT2D eigenvalue weighted by atomic mass is 9.88. The quantitative estimate of drug-likeness (QED) is 0.736. The monoisotopic (exact) mass is 274 g/mol. The zero-order chi connectivity index (χ0) is 14.1. The first-order chi connectivity index (χ1) is 9.67. The molecule has 6 nitrogen and oxygen atoms in total. The molecule has 3 rings (SSSR count). The van der Waals surface area contributed by atoms with Crippen LogP contribution in [0.2, 0.25) is 0 Å².